The molecule has 1 amide bonds. The molecule has 8 nitrogen and oxygen atoms in total. The molecule has 1 aliphatic carbocycles. The molecule has 0 bridgehead atoms. The molecule has 1 aliphatic rings. The lowest BCUT2D eigenvalue weighted by Gasteiger charge is -2.23. The molecular weight excluding hydrogens is 404 g/mol. The predicted molar refractivity (Wildman–Crippen MR) is 111 cm³/mol. The number of hydrogen-bond acceptors (Lipinski definition) is 6. The number of sulfonamides is 1. The van der Waals surface area contributed by atoms with Gasteiger partial charge in [0.25, 0.3) is 5.91 Å². The average Bonchev–Trinajstić information content (AvgIpc) is 3.46. The van der Waals surface area contributed by atoms with Crippen molar-refractivity contribution in [3.05, 3.63) is 60.2 Å². The van der Waals surface area contributed by atoms with Crippen LogP contribution in [0.1, 0.15) is 36.0 Å². The molecule has 3 aromatic rings. The molecule has 1 heterocycles. The molecule has 0 spiro atoms. The molecule has 9 heteroatoms. The van der Waals surface area contributed by atoms with Gasteiger partial charge in [-0.2, -0.15) is 4.31 Å². The quantitative estimate of drug-likeness (QED) is 0.646. The Labute approximate surface area is 175 Å². The van der Waals surface area contributed by atoms with Gasteiger partial charge in [0.15, 0.2) is 0 Å². The van der Waals surface area contributed by atoms with E-state index in [0.717, 1.165) is 31.2 Å². The number of rotatable bonds is 6. The highest BCUT2D eigenvalue weighted by molar-refractivity contribution is 7.89. The van der Waals surface area contributed by atoms with Crippen LogP contribution in [0.15, 0.2) is 63.9 Å². The Balaban J connectivity index is 1.45. The summed E-state index contributed by atoms with van der Waals surface area (Å²) in [7, 11) is -1.97. The molecule has 0 unspecified atom stereocenters. The van der Waals surface area contributed by atoms with Gasteiger partial charge in [0.05, 0.1) is 4.90 Å². The fourth-order valence-corrected chi connectivity index (χ4v) is 4.96. The van der Waals surface area contributed by atoms with Crippen LogP contribution in [-0.2, 0) is 10.0 Å². The molecule has 0 radical (unpaired) electrons. The van der Waals surface area contributed by atoms with Crippen molar-refractivity contribution in [1.82, 2.24) is 14.5 Å². The minimum absolute atomic E-state index is 0.0310. The van der Waals surface area contributed by atoms with Gasteiger partial charge in [-0.3, -0.25) is 10.1 Å². The monoisotopic (exact) mass is 426 g/mol. The third-order valence-electron chi connectivity index (χ3n) is 5.30. The number of anilines is 1. The molecule has 2 aromatic carbocycles. The van der Waals surface area contributed by atoms with Crippen molar-refractivity contribution >= 4 is 21.9 Å². The third kappa shape index (κ3) is 4.12. The van der Waals surface area contributed by atoms with Crippen LogP contribution in [-0.4, -0.2) is 41.9 Å². The molecule has 0 atom stereocenters. The van der Waals surface area contributed by atoms with Gasteiger partial charge in [-0.1, -0.05) is 36.1 Å². The summed E-state index contributed by atoms with van der Waals surface area (Å²) in [5.74, 6) is -0.173. The van der Waals surface area contributed by atoms with Crippen molar-refractivity contribution in [1.29, 1.82) is 0 Å². The maximum Gasteiger partial charge on any atom is 0.322 e. The topological polar surface area (TPSA) is 105 Å². The zero-order valence-electron chi connectivity index (χ0n) is 16.5. The normalized spacial score (nSPS) is 14.9. The maximum atomic E-state index is 12.8. The minimum Gasteiger partial charge on any atom is -0.403 e. The summed E-state index contributed by atoms with van der Waals surface area (Å²) in [5, 5.41) is 10.3. The third-order valence-corrected chi connectivity index (χ3v) is 7.22. The second-order valence-corrected chi connectivity index (χ2v) is 9.21. The van der Waals surface area contributed by atoms with Crippen molar-refractivity contribution < 1.29 is 17.6 Å². The van der Waals surface area contributed by atoms with Crippen LogP contribution in [0.3, 0.4) is 0 Å². The van der Waals surface area contributed by atoms with Crippen LogP contribution in [0.25, 0.3) is 11.5 Å². The largest absolute Gasteiger partial charge is 0.403 e. The lowest BCUT2D eigenvalue weighted by molar-refractivity contribution is 0.102. The second-order valence-electron chi connectivity index (χ2n) is 7.22. The fourth-order valence-electron chi connectivity index (χ4n) is 3.55. The Morgan fingerprint density at radius 3 is 2.37 bits per heavy atom. The second kappa shape index (κ2) is 8.37. The Morgan fingerprint density at radius 1 is 1.03 bits per heavy atom. The van der Waals surface area contributed by atoms with E-state index >= 15 is 0 Å². The van der Waals surface area contributed by atoms with E-state index in [1.807, 2.05) is 30.3 Å². The molecule has 0 saturated heterocycles. The molecule has 1 aromatic heterocycles. The molecule has 4 rings (SSSR count). The first-order valence-corrected chi connectivity index (χ1v) is 11.2. The summed E-state index contributed by atoms with van der Waals surface area (Å²) >= 11 is 0. The van der Waals surface area contributed by atoms with Crippen LogP contribution in [0.2, 0.25) is 0 Å². The van der Waals surface area contributed by atoms with Gasteiger partial charge in [-0.05, 0) is 49.2 Å². The predicted octanol–water partition coefficient (Wildman–Crippen LogP) is 3.55. The zero-order chi connectivity index (χ0) is 21.1. The Kier molecular flexibility index (Phi) is 5.65. The molecule has 1 saturated carbocycles. The molecule has 156 valence electrons. The fraction of sp³-hybridized carbons (Fsp3) is 0.286. The lowest BCUT2D eigenvalue weighted by Crippen LogP contribution is -2.35. The summed E-state index contributed by atoms with van der Waals surface area (Å²) in [4.78, 5) is 12.6. The molecule has 30 heavy (non-hydrogen) atoms. The maximum absolute atomic E-state index is 12.8. The van der Waals surface area contributed by atoms with Crippen LogP contribution in [0, 0.1) is 0 Å². The summed E-state index contributed by atoms with van der Waals surface area (Å²) in [6.07, 6.45) is 3.85. The van der Waals surface area contributed by atoms with Crippen LogP contribution in [0.5, 0.6) is 0 Å². The average molecular weight is 426 g/mol. The zero-order valence-corrected chi connectivity index (χ0v) is 17.3. The van der Waals surface area contributed by atoms with E-state index in [9.17, 15) is 13.2 Å². The number of amides is 1. The molecule has 1 fully saturated rings. The van der Waals surface area contributed by atoms with Gasteiger partial charge in [0, 0.05) is 24.2 Å². The highest BCUT2D eigenvalue weighted by Crippen LogP contribution is 2.27. The van der Waals surface area contributed by atoms with Crippen LogP contribution >= 0.6 is 0 Å². The van der Waals surface area contributed by atoms with Gasteiger partial charge < -0.3 is 4.42 Å². The highest BCUT2D eigenvalue weighted by Gasteiger charge is 2.30. The molecule has 1 N–H and O–H groups in total. The Morgan fingerprint density at radius 2 is 1.70 bits per heavy atom. The first-order chi connectivity index (χ1) is 14.4. The van der Waals surface area contributed by atoms with Crippen molar-refractivity contribution in [2.45, 2.75) is 36.6 Å². The van der Waals surface area contributed by atoms with Crippen molar-refractivity contribution in [3.8, 4) is 11.5 Å². The van der Waals surface area contributed by atoms with E-state index < -0.39 is 15.9 Å². The van der Waals surface area contributed by atoms with Crippen molar-refractivity contribution in [2.24, 2.45) is 0 Å². The van der Waals surface area contributed by atoms with Crippen LogP contribution in [0.4, 0.5) is 6.01 Å². The van der Waals surface area contributed by atoms with E-state index in [-0.39, 0.29) is 22.5 Å². The number of benzene rings is 2. The summed E-state index contributed by atoms with van der Waals surface area (Å²) in [6.45, 7) is 0. The first-order valence-electron chi connectivity index (χ1n) is 9.73. The number of carbonyl (C=O) groups is 1. The number of aromatic nitrogens is 2. The lowest BCUT2D eigenvalue weighted by atomic mass is 10.2. The van der Waals surface area contributed by atoms with Gasteiger partial charge in [-0.15, -0.1) is 5.10 Å². The minimum atomic E-state index is -3.59. The smallest absolute Gasteiger partial charge is 0.322 e. The van der Waals surface area contributed by atoms with E-state index in [1.54, 1.807) is 7.05 Å². The number of carbonyl (C=O) groups excluding carboxylic acids is 1. The molecular formula is C21H22N4O4S. The summed E-state index contributed by atoms with van der Waals surface area (Å²) in [5.41, 5.74) is 1.03. The van der Waals surface area contributed by atoms with E-state index in [2.05, 4.69) is 15.5 Å². The van der Waals surface area contributed by atoms with E-state index in [1.165, 1.54) is 28.6 Å². The number of nitrogens with zero attached hydrogens (tertiary/aromatic N) is 3. The number of nitrogens with one attached hydrogen (secondary N) is 1. The van der Waals surface area contributed by atoms with E-state index in [0.29, 0.717) is 5.89 Å². The summed E-state index contributed by atoms with van der Waals surface area (Å²) < 4.78 is 32.6. The van der Waals surface area contributed by atoms with Gasteiger partial charge in [-0.25, -0.2) is 8.42 Å². The summed E-state index contributed by atoms with van der Waals surface area (Å²) in [6, 6.07) is 15.0. The van der Waals surface area contributed by atoms with Gasteiger partial charge in [0.1, 0.15) is 0 Å². The van der Waals surface area contributed by atoms with Gasteiger partial charge in [0.2, 0.25) is 15.9 Å². The van der Waals surface area contributed by atoms with E-state index in [4.69, 9.17) is 4.42 Å². The Hall–Kier alpha value is -3.04. The van der Waals surface area contributed by atoms with Gasteiger partial charge >= 0.3 is 6.01 Å². The molecule has 0 aliphatic heterocycles. The highest BCUT2D eigenvalue weighted by atomic mass is 32.2. The van der Waals surface area contributed by atoms with Crippen molar-refractivity contribution in [2.75, 3.05) is 12.4 Å². The number of hydrogen-bond donors (Lipinski definition) is 1. The van der Waals surface area contributed by atoms with Crippen molar-refractivity contribution in [3.63, 3.8) is 0 Å². The standard InChI is InChI=1S/C21H22N4O4S/c1-25(17-9-5-6-10-17)30(27,28)18-13-11-15(12-14-18)19(26)22-21-24-23-20(29-21)16-7-3-2-4-8-16/h2-4,7-8,11-14,17H,5-6,9-10H2,1H3,(H,22,24,26). The first kappa shape index (κ1) is 20.2. The Bertz CT molecular complexity index is 1120. The SMILES string of the molecule is CN(C1CCCC1)S(=O)(=O)c1ccc(C(=O)Nc2nnc(-c3ccccc3)o2)cc1. The van der Waals surface area contributed by atoms with Crippen LogP contribution < -0.4 is 5.32 Å².